The molecule has 9 heteroatoms. The Morgan fingerprint density at radius 3 is 2.22 bits per heavy atom. The highest BCUT2D eigenvalue weighted by Gasteiger charge is 2.36. The lowest BCUT2D eigenvalue weighted by Crippen LogP contribution is -2.50. The van der Waals surface area contributed by atoms with Crippen molar-refractivity contribution >= 4 is 21.5 Å². The highest BCUT2D eigenvalue weighted by Crippen LogP contribution is 2.28. The first-order valence-corrected chi connectivity index (χ1v) is 10.1. The number of sulfonamides is 1. The molecule has 1 aliphatic heterocycles. The maximum Gasteiger partial charge on any atom is 0.357 e. The lowest BCUT2D eigenvalue weighted by Gasteiger charge is -2.30. The molecular formula is C18H23N4O4S+. The fourth-order valence-electron chi connectivity index (χ4n) is 3.67. The van der Waals surface area contributed by atoms with Gasteiger partial charge in [0.15, 0.2) is 0 Å². The van der Waals surface area contributed by atoms with Gasteiger partial charge in [0.2, 0.25) is 10.0 Å². The summed E-state index contributed by atoms with van der Waals surface area (Å²) in [6.07, 6.45) is 1.63. The van der Waals surface area contributed by atoms with Crippen molar-refractivity contribution in [3.63, 3.8) is 0 Å². The number of H-pyrrole nitrogens is 1. The topological polar surface area (TPSA) is 97.9 Å². The van der Waals surface area contributed by atoms with Gasteiger partial charge in [-0.2, -0.15) is 4.31 Å². The molecule has 8 nitrogen and oxygen atoms in total. The quantitative estimate of drug-likeness (QED) is 0.585. The summed E-state index contributed by atoms with van der Waals surface area (Å²) in [7, 11) is -3.61. The molecule has 0 atom stereocenters. The number of nitrogens with zero attached hydrogens (tertiary/aromatic N) is 3. The third kappa shape index (κ3) is 3.65. The summed E-state index contributed by atoms with van der Waals surface area (Å²) in [4.78, 5) is 15.9. The summed E-state index contributed by atoms with van der Waals surface area (Å²) in [6, 6.07) is 6.76. The average molecular weight is 391 g/mol. The Morgan fingerprint density at radius 2 is 1.67 bits per heavy atom. The molecule has 0 unspecified atom stereocenters. The molecule has 2 aromatic rings. The number of nitrogens with one attached hydrogen (secondary N) is 1. The lowest BCUT2D eigenvalue weighted by atomic mass is 10.1. The molecule has 1 aromatic carbocycles. The average Bonchev–Trinajstić information content (AvgIpc) is 2.60. The van der Waals surface area contributed by atoms with Crippen LogP contribution in [0.3, 0.4) is 0 Å². The first kappa shape index (κ1) is 19.2. The van der Waals surface area contributed by atoms with E-state index in [0.29, 0.717) is 23.8 Å². The van der Waals surface area contributed by atoms with Crippen molar-refractivity contribution in [3.05, 3.63) is 57.3 Å². The van der Waals surface area contributed by atoms with Crippen molar-refractivity contribution in [3.8, 4) is 0 Å². The third-order valence-electron chi connectivity index (χ3n) is 4.77. The molecule has 3 rings (SSSR count). The summed E-state index contributed by atoms with van der Waals surface area (Å²) < 4.78 is 27.8. The lowest BCUT2D eigenvalue weighted by molar-refractivity contribution is -0.411. The predicted octanol–water partition coefficient (Wildman–Crippen LogP) is 1.85. The number of piperazine rings is 1. The monoisotopic (exact) mass is 391 g/mol. The minimum atomic E-state index is -3.61. The van der Waals surface area contributed by atoms with Crippen molar-refractivity contribution in [1.29, 1.82) is 0 Å². The van der Waals surface area contributed by atoms with Crippen LogP contribution in [0.2, 0.25) is 0 Å². The van der Waals surface area contributed by atoms with Gasteiger partial charge in [-0.05, 0) is 38.0 Å². The molecule has 1 aliphatic rings. The zero-order chi connectivity index (χ0) is 19.8. The number of hydrogen-bond donors (Lipinski definition) is 0. The van der Waals surface area contributed by atoms with Crippen LogP contribution in [0.5, 0.6) is 0 Å². The number of aromatic amines is 1. The summed E-state index contributed by atoms with van der Waals surface area (Å²) in [5.74, 6) is 0.405. The maximum absolute atomic E-state index is 13.1. The van der Waals surface area contributed by atoms with Gasteiger partial charge in [-0.15, -0.1) is 0 Å². The molecule has 144 valence electrons. The van der Waals surface area contributed by atoms with Gasteiger partial charge < -0.3 is 0 Å². The highest BCUT2D eigenvalue weighted by atomic mass is 32.2. The molecule has 0 saturated carbocycles. The van der Waals surface area contributed by atoms with E-state index in [-0.39, 0.29) is 18.8 Å². The van der Waals surface area contributed by atoms with E-state index >= 15 is 0 Å². The number of aromatic nitrogens is 1. The molecule has 0 aliphatic carbocycles. The molecule has 0 amide bonds. The van der Waals surface area contributed by atoms with Crippen LogP contribution < -0.4 is 9.88 Å². The molecular weight excluding hydrogens is 368 g/mol. The molecule has 0 bridgehead atoms. The number of benzene rings is 1. The van der Waals surface area contributed by atoms with Crippen molar-refractivity contribution in [2.45, 2.75) is 25.7 Å². The van der Waals surface area contributed by atoms with Crippen molar-refractivity contribution < 1.29 is 18.3 Å². The summed E-state index contributed by atoms with van der Waals surface area (Å²) in [5.41, 5.74) is 2.49. The number of hydrogen-bond acceptors (Lipinski definition) is 5. The van der Waals surface area contributed by atoms with Crippen LogP contribution in [0, 0.1) is 30.9 Å². The Balaban J connectivity index is 1.83. The van der Waals surface area contributed by atoms with Gasteiger partial charge in [-0.25, -0.2) is 13.4 Å². The fourth-order valence-corrected chi connectivity index (χ4v) is 5.51. The SMILES string of the molecule is Cc1cc(C)c(S(=O)(=O)N2CCN(c3[nH+]cccc3[N+](=O)[O-])CC2)c(C)c1. The van der Waals surface area contributed by atoms with E-state index < -0.39 is 14.9 Å². The van der Waals surface area contributed by atoms with Crippen LogP contribution in [0.1, 0.15) is 16.7 Å². The molecule has 0 spiro atoms. The van der Waals surface area contributed by atoms with Crippen molar-refractivity contribution in [1.82, 2.24) is 4.31 Å². The van der Waals surface area contributed by atoms with Crippen LogP contribution in [0.4, 0.5) is 11.5 Å². The van der Waals surface area contributed by atoms with E-state index in [1.54, 1.807) is 12.3 Å². The van der Waals surface area contributed by atoms with Gasteiger partial charge in [-0.3, -0.25) is 15.0 Å². The third-order valence-corrected chi connectivity index (χ3v) is 6.97. The molecule has 1 fully saturated rings. The Labute approximate surface area is 158 Å². The van der Waals surface area contributed by atoms with Crippen LogP contribution in [0.25, 0.3) is 0 Å². The number of rotatable bonds is 4. The number of anilines is 1. The molecule has 1 aromatic heterocycles. The minimum absolute atomic E-state index is 0.0148. The largest absolute Gasteiger partial charge is 0.357 e. The van der Waals surface area contributed by atoms with Crippen molar-refractivity contribution in [2.24, 2.45) is 0 Å². The van der Waals surface area contributed by atoms with E-state index in [2.05, 4.69) is 4.98 Å². The second kappa shape index (κ2) is 7.24. The standard InChI is InChI=1S/C18H22N4O4S/c1-13-11-14(2)17(15(3)12-13)27(25,26)21-9-7-20(8-10-21)18-16(22(23)24)5-4-6-19-18/h4-6,11-12H,7-10H2,1-3H3/p+1. The zero-order valence-corrected chi connectivity index (χ0v) is 16.4. The van der Waals surface area contributed by atoms with Crippen LogP contribution in [-0.4, -0.2) is 43.8 Å². The molecule has 27 heavy (non-hydrogen) atoms. The van der Waals surface area contributed by atoms with Crippen LogP contribution in [0.15, 0.2) is 35.4 Å². The highest BCUT2D eigenvalue weighted by molar-refractivity contribution is 7.89. The van der Waals surface area contributed by atoms with Gasteiger partial charge in [0.25, 0.3) is 0 Å². The summed E-state index contributed by atoms with van der Waals surface area (Å²) in [5, 5.41) is 11.2. The van der Waals surface area contributed by atoms with E-state index in [1.807, 2.05) is 37.8 Å². The van der Waals surface area contributed by atoms with Gasteiger partial charge in [0, 0.05) is 6.07 Å². The Kier molecular flexibility index (Phi) is 5.16. The zero-order valence-electron chi connectivity index (χ0n) is 15.6. The fraction of sp³-hybridized carbons (Fsp3) is 0.389. The first-order chi connectivity index (χ1) is 12.7. The first-order valence-electron chi connectivity index (χ1n) is 8.70. The van der Waals surface area contributed by atoms with Gasteiger partial charge in [0.05, 0.1) is 42.2 Å². The van der Waals surface area contributed by atoms with E-state index in [9.17, 15) is 18.5 Å². The summed E-state index contributed by atoms with van der Waals surface area (Å²) >= 11 is 0. The van der Waals surface area contributed by atoms with Gasteiger partial charge in [-0.1, -0.05) is 17.7 Å². The molecule has 0 radical (unpaired) electrons. The minimum Gasteiger partial charge on any atom is -0.258 e. The van der Waals surface area contributed by atoms with Gasteiger partial charge in [0.1, 0.15) is 0 Å². The Morgan fingerprint density at radius 1 is 1.07 bits per heavy atom. The molecule has 1 N–H and O–H groups in total. The number of aryl methyl sites for hydroxylation is 3. The Hall–Kier alpha value is -2.52. The normalized spacial score (nSPS) is 15.7. The predicted molar refractivity (Wildman–Crippen MR) is 101 cm³/mol. The smallest absolute Gasteiger partial charge is 0.258 e. The maximum atomic E-state index is 13.1. The number of nitro groups is 1. The molecule has 1 saturated heterocycles. The molecule has 2 heterocycles. The van der Waals surface area contributed by atoms with Crippen molar-refractivity contribution in [2.75, 3.05) is 31.1 Å². The van der Waals surface area contributed by atoms with Crippen LogP contribution >= 0.6 is 0 Å². The van der Waals surface area contributed by atoms with E-state index in [1.165, 1.54) is 10.4 Å². The summed E-state index contributed by atoms with van der Waals surface area (Å²) in [6.45, 7) is 6.87. The van der Waals surface area contributed by atoms with Crippen LogP contribution in [-0.2, 0) is 10.0 Å². The van der Waals surface area contributed by atoms with E-state index in [0.717, 1.165) is 16.7 Å². The second-order valence-corrected chi connectivity index (χ2v) is 8.65. The number of pyridine rings is 1. The second-order valence-electron chi connectivity index (χ2n) is 6.78. The Bertz CT molecular complexity index is 960. The van der Waals surface area contributed by atoms with Gasteiger partial charge >= 0.3 is 11.5 Å². The van der Waals surface area contributed by atoms with E-state index in [4.69, 9.17) is 0 Å².